The number of nitro benzene ring substituents is 2. The van der Waals surface area contributed by atoms with E-state index in [2.05, 4.69) is 17.5 Å². The number of non-ortho nitro benzene ring substituents is 1. The number of benzene rings is 1. The van der Waals surface area contributed by atoms with Crippen molar-refractivity contribution < 1.29 is 9.85 Å². The van der Waals surface area contributed by atoms with Crippen molar-refractivity contribution in [2.45, 2.75) is 0 Å². The van der Waals surface area contributed by atoms with Gasteiger partial charge < -0.3 is 11.1 Å². The topological polar surface area (TPSA) is 124 Å². The fourth-order valence-corrected chi connectivity index (χ4v) is 1.13. The van der Waals surface area contributed by atoms with Crippen LogP contribution in [0.25, 0.3) is 0 Å². The molecule has 1 aromatic carbocycles. The molecule has 0 aromatic heterocycles. The number of rotatable bonds is 3. The Balaban J connectivity index is 3.24. The number of thiocarbonyl (C=S) groups is 1. The molecule has 0 amide bonds. The van der Waals surface area contributed by atoms with Crippen LogP contribution in [-0.2, 0) is 0 Å². The minimum atomic E-state index is -0.756. The zero-order valence-corrected chi connectivity index (χ0v) is 8.56. The molecule has 0 saturated heterocycles. The standard InChI is InChI=1S/C7H6N4O4S/c8-7(16)9-5-2-1-4(10(12)13)3-6(5)11(14)15/h1-3H,(H3,8,9,16). The van der Waals surface area contributed by atoms with Crippen LogP contribution in [0, 0.1) is 20.2 Å². The molecule has 8 nitrogen and oxygen atoms in total. The Kier molecular flexibility index (Phi) is 3.30. The van der Waals surface area contributed by atoms with Gasteiger partial charge >= 0.3 is 0 Å². The van der Waals surface area contributed by atoms with E-state index >= 15 is 0 Å². The molecule has 0 bridgehead atoms. The van der Waals surface area contributed by atoms with E-state index < -0.39 is 15.5 Å². The second-order valence-corrected chi connectivity index (χ2v) is 3.14. The van der Waals surface area contributed by atoms with Crippen LogP contribution in [0.15, 0.2) is 18.2 Å². The highest BCUT2D eigenvalue weighted by atomic mass is 32.1. The van der Waals surface area contributed by atoms with E-state index in [0.717, 1.165) is 12.1 Å². The fraction of sp³-hybridized carbons (Fsp3) is 0. The van der Waals surface area contributed by atoms with Crippen LogP contribution < -0.4 is 11.1 Å². The average Bonchev–Trinajstić information content (AvgIpc) is 2.16. The first kappa shape index (κ1) is 11.8. The number of hydrogen-bond donors (Lipinski definition) is 2. The van der Waals surface area contributed by atoms with Gasteiger partial charge in [-0.15, -0.1) is 0 Å². The van der Waals surface area contributed by atoms with Gasteiger partial charge in [0.05, 0.1) is 15.9 Å². The molecule has 0 fully saturated rings. The van der Waals surface area contributed by atoms with Crippen LogP contribution in [-0.4, -0.2) is 15.0 Å². The quantitative estimate of drug-likeness (QED) is 0.462. The normalized spacial score (nSPS) is 9.50. The minimum Gasteiger partial charge on any atom is -0.376 e. The highest BCUT2D eigenvalue weighted by Crippen LogP contribution is 2.28. The van der Waals surface area contributed by atoms with Crippen LogP contribution in [0.3, 0.4) is 0 Å². The van der Waals surface area contributed by atoms with Crippen LogP contribution >= 0.6 is 12.2 Å². The molecular formula is C7H6N4O4S. The highest BCUT2D eigenvalue weighted by Gasteiger charge is 2.19. The molecule has 0 aliphatic rings. The Morgan fingerprint density at radius 2 is 1.94 bits per heavy atom. The first-order chi connectivity index (χ1) is 7.41. The van der Waals surface area contributed by atoms with Gasteiger partial charge in [-0.2, -0.15) is 0 Å². The molecule has 3 N–H and O–H groups in total. The molecule has 0 spiro atoms. The van der Waals surface area contributed by atoms with Crippen LogP contribution in [0.4, 0.5) is 17.1 Å². The summed E-state index contributed by atoms with van der Waals surface area (Å²) in [6, 6.07) is 3.13. The van der Waals surface area contributed by atoms with Gasteiger partial charge in [0.25, 0.3) is 11.4 Å². The molecular weight excluding hydrogens is 236 g/mol. The molecule has 0 heterocycles. The van der Waals surface area contributed by atoms with Gasteiger partial charge in [0, 0.05) is 6.07 Å². The second-order valence-electron chi connectivity index (χ2n) is 2.70. The molecule has 0 radical (unpaired) electrons. The van der Waals surface area contributed by atoms with Crippen molar-refractivity contribution in [3.8, 4) is 0 Å². The molecule has 0 saturated carbocycles. The Labute approximate surface area is 94.4 Å². The first-order valence-electron chi connectivity index (χ1n) is 3.91. The summed E-state index contributed by atoms with van der Waals surface area (Å²) in [7, 11) is 0. The van der Waals surface area contributed by atoms with Gasteiger partial charge in [-0.25, -0.2) is 0 Å². The summed E-state index contributed by atoms with van der Waals surface area (Å²) in [4.78, 5) is 19.6. The third kappa shape index (κ3) is 2.60. The van der Waals surface area contributed by atoms with Crippen molar-refractivity contribution in [2.75, 3.05) is 5.32 Å². The number of hydrogen-bond acceptors (Lipinski definition) is 5. The highest BCUT2D eigenvalue weighted by molar-refractivity contribution is 7.80. The monoisotopic (exact) mass is 242 g/mol. The number of nitro groups is 2. The van der Waals surface area contributed by atoms with Crippen molar-refractivity contribution in [1.29, 1.82) is 0 Å². The SMILES string of the molecule is NC(=S)Nc1ccc([N+](=O)[O-])cc1[N+](=O)[O-]. The summed E-state index contributed by atoms with van der Waals surface area (Å²) in [5.74, 6) is 0. The summed E-state index contributed by atoms with van der Waals surface area (Å²) in [5, 5.41) is 23.3. The van der Waals surface area contributed by atoms with Crippen molar-refractivity contribution in [3.63, 3.8) is 0 Å². The number of nitrogens with zero attached hydrogens (tertiary/aromatic N) is 2. The van der Waals surface area contributed by atoms with E-state index in [1.54, 1.807) is 0 Å². The van der Waals surface area contributed by atoms with Gasteiger partial charge in [0.2, 0.25) is 0 Å². The summed E-state index contributed by atoms with van der Waals surface area (Å²) in [6.45, 7) is 0. The lowest BCUT2D eigenvalue weighted by Gasteiger charge is -2.03. The molecule has 84 valence electrons. The summed E-state index contributed by atoms with van der Waals surface area (Å²) in [6.07, 6.45) is 0. The van der Waals surface area contributed by atoms with Gasteiger partial charge in [-0.05, 0) is 18.3 Å². The fourth-order valence-electron chi connectivity index (χ4n) is 1.02. The van der Waals surface area contributed by atoms with E-state index in [4.69, 9.17) is 5.73 Å². The zero-order valence-electron chi connectivity index (χ0n) is 7.75. The molecule has 0 atom stereocenters. The first-order valence-corrected chi connectivity index (χ1v) is 4.32. The van der Waals surface area contributed by atoms with Gasteiger partial charge in [-0.1, -0.05) is 0 Å². The van der Waals surface area contributed by atoms with Crippen molar-refractivity contribution in [1.82, 2.24) is 0 Å². The smallest absolute Gasteiger partial charge is 0.299 e. The Bertz CT molecular complexity index is 475. The van der Waals surface area contributed by atoms with Crippen LogP contribution in [0.2, 0.25) is 0 Å². The molecule has 16 heavy (non-hydrogen) atoms. The third-order valence-electron chi connectivity index (χ3n) is 1.65. The van der Waals surface area contributed by atoms with E-state index in [9.17, 15) is 20.2 Å². The maximum absolute atomic E-state index is 10.6. The maximum Gasteiger partial charge on any atom is 0.299 e. The second kappa shape index (κ2) is 4.49. The van der Waals surface area contributed by atoms with E-state index in [-0.39, 0.29) is 16.5 Å². The van der Waals surface area contributed by atoms with Crippen LogP contribution in [0.5, 0.6) is 0 Å². The van der Waals surface area contributed by atoms with E-state index in [0.29, 0.717) is 0 Å². The minimum absolute atomic E-state index is 0.0168. The molecule has 1 aromatic rings. The Hall–Kier alpha value is -2.29. The Morgan fingerprint density at radius 1 is 1.31 bits per heavy atom. The lowest BCUT2D eigenvalue weighted by atomic mass is 10.2. The summed E-state index contributed by atoms with van der Waals surface area (Å²) < 4.78 is 0. The summed E-state index contributed by atoms with van der Waals surface area (Å²) in [5.41, 5.74) is 4.34. The Morgan fingerprint density at radius 3 is 2.38 bits per heavy atom. The van der Waals surface area contributed by atoms with Crippen molar-refractivity contribution in [2.24, 2.45) is 5.73 Å². The lowest BCUT2D eigenvalue weighted by molar-refractivity contribution is -0.393. The van der Waals surface area contributed by atoms with E-state index in [1.165, 1.54) is 6.07 Å². The molecule has 9 heteroatoms. The largest absolute Gasteiger partial charge is 0.376 e. The maximum atomic E-state index is 10.6. The van der Waals surface area contributed by atoms with Crippen molar-refractivity contribution >= 4 is 34.4 Å². The van der Waals surface area contributed by atoms with Crippen LogP contribution in [0.1, 0.15) is 0 Å². The predicted molar refractivity (Wildman–Crippen MR) is 60.2 cm³/mol. The van der Waals surface area contributed by atoms with Crippen molar-refractivity contribution in [3.05, 3.63) is 38.4 Å². The zero-order chi connectivity index (χ0) is 12.3. The lowest BCUT2D eigenvalue weighted by Crippen LogP contribution is -2.19. The molecule has 0 aliphatic carbocycles. The number of anilines is 1. The molecule has 0 aliphatic heterocycles. The molecule has 1 rings (SSSR count). The number of nitrogens with two attached hydrogens (primary N) is 1. The van der Waals surface area contributed by atoms with Gasteiger partial charge in [-0.3, -0.25) is 20.2 Å². The number of nitrogens with one attached hydrogen (secondary N) is 1. The van der Waals surface area contributed by atoms with E-state index in [1.807, 2.05) is 0 Å². The third-order valence-corrected chi connectivity index (χ3v) is 1.75. The van der Waals surface area contributed by atoms with Gasteiger partial charge in [0.1, 0.15) is 5.69 Å². The van der Waals surface area contributed by atoms with Gasteiger partial charge in [0.15, 0.2) is 5.11 Å². The summed E-state index contributed by atoms with van der Waals surface area (Å²) >= 11 is 4.52. The average molecular weight is 242 g/mol. The predicted octanol–water partition coefficient (Wildman–Crippen LogP) is 1.16. The molecule has 0 unspecified atom stereocenters.